The number of amides is 1. The SMILES string of the molecule is CCOc1cccc2sc(N(Cc3ccccc3)C(=O)CCS(=O)(=O)c3ccc(C)cc3)nc12. The third-order valence-corrected chi connectivity index (χ3v) is 8.13. The van der Waals surface area contributed by atoms with E-state index in [-0.39, 0.29) is 23.0 Å². The summed E-state index contributed by atoms with van der Waals surface area (Å²) in [7, 11) is -3.58. The predicted octanol–water partition coefficient (Wildman–Crippen LogP) is 5.40. The zero-order valence-corrected chi connectivity index (χ0v) is 20.7. The second-order valence-electron chi connectivity index (χ2n) is 7.88. The van der Waals surface area contributed by atoms with Crippen molar-refractivity contribution in [2.45, 2.75) is 31.7 Å². The highest BCUT2D eigenvalue weighted by Gasteiger charge is 2.24. The third-order valence-electron chi connectivity index (χ3n) is 5.35. The van der Waals surface area contributed by atoms with E-state index in [9.17, 15) is 13.2 Å². The second-order valence-corrected chi connectivity index (χ2v) is 11.0. The first kappa shape index (κ1) is 23.9. The number of aryl methyl sites for hydroxylation is 1. The van der Waals surface area contributed by atoms with E-state index in [1.165, 1.54) is 11.3 Å². The number of nitrogens with zero attached hydrogens (tertiary/aromatic N) is 2. The lowest BCUT2D eigenvalue weighted by Gasteiger charge is -2.20. The average Bonchev–Trinajstić information content (AvgIpc) is 3.27. The normalized spacial score (nSPS) is 11.5. The van der Waals surface area contributed by atoms with E-state index in [1.807, 2.05) is 62.4 Å². The second kappa shape index (κ2) is 10.4. The van der Waals surface area contributed by atoms with Gasteiger partial charge < -0.3 is 4.74 Å². The molecular formula is C26H26N2O4S2. The van der Waals surface area contributed by atoms with Crippen LogP contribution in [0, 0.1) is 6.92 Å². The number of fused-ring (bicyclic) bond motifs is 1. The van der Waals surface area contributed by atoms with Crippen molar-refractivity contribution in [2.24, 2.45) is 0 Å². The number of sulfone groups is 1. The van der Waals surface area contributed by atoms with Crippen LogP contribution in [0.3, 0.4) is 0 Å². The molecule has 0 saturated carbocycles. The van der Waals surface area contributed by atoms with Crippen molar-refractivity contribution >= 4 is 42.4 Å². The van der Waals surface area contributed by atoms with Crippen molar-refractivity contribution < 1.29 is 17.9 Å². The summed E-state index contributed by atoms with van der Waals surface area (Å²) < 4.78 is 32.2. The van der Waals surface area contributed by atoms with Crippen LogP contribution < -0.4 is 9.64 Å². The highest BCUT2D eigenvalue weighted by atomic mass is 32.2. The molecule has 1 aromatic heterocycles. The van der Waals surface area contributed by atoms with Crippen LogP contribution in [0.4, 0.5) is 5.13 Å². The van der Waals surface area contributed by atoms with Gasteiger partial charge in [0, 0.05) is 6.42 Å². The molecule has 1 heterocycles. The molecule has 34 heavy (non-hydrogen) atoms. The molecule has 4 aromatic rings. The number of hydrogen-bond donors (Lipinski definition) is 0. The maximum absolute atomic E-state index is 13.4. The number of aromatic nitrogens is 1. The molecule has 0 N–H and O–H groups in total. The Morgan fingerprint density at radius 1 is 1.00 bits per heavy atom. The molecule has 0 bridgehead atoms. The number of rotatable bonds is 9. The number of benzene rings is 3. The first-order chi connectivity index (χ1) is 16.4. The van der Waals surface area contributed by atoms with Gasteiger partial charge >= 0.3 is 0 Å². The number of carbonyl (C=O) groups excluding carboxylic acids is 1. The topological polar surface area (TPSA) is 76.6 Å². The monoisotopic (exact) mass is 494 g/mol. The van der Waals surface area contributed by atoms with E-state index in [1.54, 1.807) is 29.2 Å². The molecule has 0 aliphatic rings. The molecule has 176 valence electrons. The summed E-state index contributed by atoms with van der Waals surface area (Å²) in [6.45, 7) is 4.62. The lowest BCUT2D eigenvalue weighted by Crippen LogP contribution is -2.31. The Bertz CT molecular complexity index is 1380. The van der Waals surface area contributed by atoms with Gasteiger partial charge in [0.25, 0.3) is 0 Å². The van der Waals surface area contributed by atoms with Crippen molar-refractivity contribution in [3.8, 4) is 5.75 Å². The summed E-state index contributed by atoms with van der Waals surface area (Å²) in [6, 6.07) is 22.0. The first-order valence-corrected chi connectivity index (χ1v) is 13.5. The van der Waals surface area contributed by atoms with Crippen LogP contribution in [0.25, 0.3) is 10.2 Å². The maximum atomic E-state index is 13.4. The van der Waals surface area contributed by atoms with Gasteiger partial charge in [-0.1, -0.05) is 65.4 Å². The van der Waals surface area contributed by atoms with Crippen LogP contribution in [-0.4, -0.2) is 31.7 Å². The number of para-hydroxylation sites is 1. The van der Waals surface area contributed by atoms with Crippen LogP contribution in [0.15, 0.2) is 77.7 Å². The van der Waals surface area contributed by atoms with Gasteiger partial charge in [0.05, 0.1) is 28.5 Å². The molecule has 0 fully saturated rings. The van der Waals surface area contributed by atoms with Crippen molar-refractivity contribution in [1.82, 2.24) is 4.98 Å². The van der Waals surface area contributed by atoms with Gasteiger partial charge in [0.2, 0.25) is 5.91 Å². The smallest absolute Gasteiger partial charge is 0.230 e. The van der Waals surface area contributed by atoms with Crippen molar-refractivity contribution in [2.75, 3.05) is 17.3 Å². The molecule has 3 aromatic carbocycles. The summed E-state index contributed by atoms with van der Waals surface area (Å²) in [5.74, 6) is 0.100. The fourth-order valence-corrected chi connectivity index (χ4v) is 5.78. The quantitative estimate of drug-likeness (QED) is 0.311. The van der Waals surface area contributed by atoms with E-state index in [0.29, 0.717) is 29.5 Å². The Hall–Kier alpha value is -3.23. The standard InChI is InChI=1S/C26H26N2O4S2/c1-3-32-22-10-7-11-23-25(22)27-26(33-23)28(18-20-8-5-4-6-9-20)24(29)16-17-34(30,31)21-14-12-19(2)13-15-21/h4-15H,3,16-18H2,1-2H3. The lowest BCUT2D eigenvalue weighted by molar-refractivity contribution is -0.118. The molecule has 0 atom stereocenters. The Morgan fingerprint density at radius 3 is 2.44 bits per heavy atom. The molecule has 1 amide bonds. The van der Waals surface area contributed by atoms with Crippen molar-refractivity contribution in [3.05, 3.63) is 83.9 Å². The highest BCUT2D eigenvalue weighted by Crippen LogP contribution is 2.35. The largest absolute Gasteiger partial charge is 0.492 e. The van der Waals surface area contributed by atoms with Crippen LogP contribution in [0.5, 0.6) is 5.75 Å². The summed E-state index contributed by atoms with van der Waals surface area (Å²) in [5.41, 5.74) is 2.61. The summed E-state index contributed by atoms with van der Waals surface area (Å²) >= 11 is 1.39. The number of anilines is 1. The van der Waals surface area contributed by atoms with Gasteiger partial charge in [-0.05, 0) is 43.7 Å². The van der Waals surface area contributed by atoms with Crippen molar-refractivity contribution in [1.29, 1.82) is 0 Å². The Kier molecular flexibility index (Phi) is 7.29. The van der Waals surface area contributed by atoms with E-state index in [0.717, 1.165) is 15.8 Å². The van der Waals surface area contributed by atoms with Gasteiger partial charge in [-0.3, -0.25) is 9.69 Å². The number of ether oxygens (including phenoxy) is 1. The number of thiazole rings is 1. The highest BCUT2D eigenvalue weighted by molar-refractivity contribution is 7.91. The molecule has 0 aliphatic carbocycles. The minimum Gasteiger partial charge on any atom is -0.492 e. The van der Waals surface area contributed by atoms with Gasteiger partial charge in [0.1, 0.15) is 11.3 Å². The Balaban J connectivity index is 1.62. The Labute approximate surface area is 203 Å². The first-order valence-electron chi connectivity index (χ1n) is 11.0. The van der Waals surface area contributed by atoms with Crippen LogP contribution in [0.2, 0.25) is 0 Å². The van der Waals surface area contributed by atoms with Gasteiger partial charge in [-0.2, -0.15) is 0 Å². The minimum absolute atomic E-state index is 0.142. The van der Waals surface area contributed by atoms with E-state index in [2.05, 4.69) is 0 Å². The summed E-state index contributed by atoms with van der Waals surface area (Å²) in [6.07, 6.45) is -0.142. The zero-order valence-electron chi connectivity index (χ0n) is 19.1. The number of hydrogen-bond acceptors (Lipinski definition) is 6. The van der Waals surface area contributed by atoms with Crippen molar-refractivity contribution in [3.63, 3.8) is 0 Å². The van der Waals surface area contributed by atoms with Crippen LogP contribution in [-0.2, 0) is 21.2 Å². The minimum atomic E-state index is -3.58. The molecular weight excluding hydrogens is 468 g/mol. The van der Waals surface area contributed by atoms with Crippen LogP contribution >= 0.6 is 11.3 Å². The molecule has 0 aliphatic heterocycles. The fraction of sp³-hybridized carbons (Fsp3) is 0.231. The molecule has 0 saturated heterocycles. The third kappa shape index (κ3) is 5.46. The van der Waals surface area contributed by atoms with Gasteiger partial charge in [-0.25, -0.2) is 13.4 Å². The molecule has 0 radical (unpaired) electrons. The van der Waals surface area contributed by atoms with Crippen LogP contribution in [0.1, 0.15) is 24.5 Å². The number of carbonyl (C=O) groups is 1. The molecule has 0 spiro atoms. The fourth-order valence-electron chi connectivity index (χ4n) is 3.55. The molecule has 0 unspecified atom stereocenters. The van der Waals surface area contributed by atoms with E-state index < -0.39 is 9.84 Å². The predicted molar refractivity (Wildman–Crippen MR) is 136 cm³/mol. The summed E-state index contributed by atoms with van der Waals surface area (Å²) in [4.78, 5) is 19.9. The van der Waals surface area contributed by atoms with Gasteiger partial charge in [-0.15, -0.1) is 0 Å². The molecule has 8 heteroatoms. The van der Waals surface area contributed by atoms with E-state index >= 15 is 0 Å². The maximum Gasteiger partial charge on any atom is 0.230 e. The molecule has 4 rings (SSSR count). The Morgan fingerprint density at radius 2 is 1.74 bits per heavy atom. The average molecular weight is 495 g/mol. The van der Waals surface area contributed by atoms with E-state index in [4.69, 9.17) is 9.72 Å². The van der Waals surface area contributed by atoms with Gasteiger partial charge in [0.15, 0.2) is 15.0 Å². The summed E-state index contributed by atoms with van der Waals surface area (Å²) in [5, 5.41) is 0.517. The molecule has 6 nitrogen and oxygen atoms in total. The zero-order chi connectivity index (χ0) is 24.1. The lowest BCUT2D eigenvalue weighted by atomic mass is 10.2.